The van der Waals surface area contributed by atoms with Crippen molar-refractivity contribution in [1.29, 1.82) is 0 Å². The van der Waals surface area contributed by atoms with Gasteiger partial charge in [-0.3, -0.25) is 9.58 Å². The Morgan fingerprint density at radius 2 is 2.32 bits per heavy atom. The van der Waals surface area contributed by atoms with Gasteiger partial charge < -0.3 is 5.32 Å². The van der Waals surface area contributed by atoms with E-state index in [-0.39, 0.29) is 0 Å². The molecule has 1 saturated heterocycles. The van der Waals surface area contributed by atoms with Gasteiger partial charge in [0.2, 0.25) is 0 Å². The van der Waals surface area contributed by atoms with Crippen molar-refractivity contribution in [1.82, 2.24) is 20.0 Å². The molecule has 0 radical (unpaired) electrons. The molecule has 1 aliphatic carbocycles. The molecule has 4 nitrogen and oxygen atoms in total. The van der Waals surface area contributed by atoms with Gasteiger partial charge >= 0.3 is 0 Å². The van der Waals surface area contributed by atoms with Crippen LogP contribution in [0.5, 0.6) is 0 Å². The molecule has 0 spiro atoms. The van der Waals surface area contributed by atoms with Crippen LogP contribution in [-0.4, -0.2) is 39.9 Å². The summed E-state index contributed by atoms with van der Waals surface area (Å²) < 4.78 is 2.18. The molecule has 1 aliphatic heterocycles. The molecule has 1 unspecified atom stereocenters. The molecule has 1 aromatic heterocycles. The molecule has 106 valence electrons. The van der Waals surface area contributed by atoms with Crippen molar-refractivity contribution in [2.24, 2.45) is 0 Å². The predicted octanol–water partition coefficient (Wildman–Crippen LogP) is 2.01. The second-order valence-electron chi connectivity index (χ2n) is 6.00. The van der Waals surface area contributed by atoms with Crippen molar-refractivity contribution in [3.05, 3.63) is 18.0 Å². The second-order valence-corrected chi connectivity index (χ2v) is 6.00. The maximum atomic E-state index is 4.44. The van der Waals surface area contributed by atoms with E-state index in [1.54, 1.807) is 0 Å². The Morgan fingerprint density at radius 1 is 1.42 bits per heavy atom. The van der Waals surface area contributed by atoms with E-state index in [0.717, 1.165) is 25.6 Å². The largest absolute Gasteiger partial charge is 0.313 e. The van der Waals surface area contributed by atoms with Crippen LogP contribution >= 0.6 is 0 Å². The molecule has 1 N–H and O–H groups in total. The van der Waals surface area contributed by atoms with Crippen molar-refractivity contribution >= 4 is 0 Å². The van der Waals surface area contributed by atoms with Crippen LogP contribution in [0, 0.1) is 0 Å². The zero-order valence-electron chi connectivity index (χ0n) is 12.0. The average molecular weight is 262 g/mol. The molecule has 19 heavy (non-hydrogen) atoms. The number of hydrogen-bond donors (Lipinski definition) is 1. The summed E-state index contributed by atoms with van der Waals surface area (Å²) in [5, 5.41) is 8.07. The highest BCUT2D eigenvalue weighted by Crippen LogP contribution is 2.29. The molecule has 4 heteroatoms. The summed E-state index contributed by atoms with van der Waals surface area (Å²) in [7, 11) is 0. The van der Waals surface area contributed by atoms with E-state index in [1.807, 2.05) is 6.20 Å². The molecular weight excluding hydrogens is 236 g/mol. The third kappa shape index (κ3) is 3.37. The molecule has 2 fully saturated rings. The highest BCUT2D eigenvalue weighted by Gasteiger charge is 2.31. The van der Waals surface area contributed by atoms with Crippen molar-refractivity contribution in [3.63, 3.8) is 0 Å². The molecule has 2 aliphatic rings. The van der Waals surface area contributed by atoms with Crippen LogP contribution in [0.1, 0.15) is 44.7 Å². The lowest BCUT2D eigenvalue weighted by molar-refractivity contribution is 0.224. The van der Waals surface area contributed by atoms with E-state index in [4.69, 9.17) is 0 Å². The van der Waals surface area contributed by atoms with E-state index in [2.05, 4.69) is 33.0 Å². The summed E-state index contributed by atoms with van der Waals surface area (Å²) >= 11 is 0. The van der Waals surface area contributed by atoms with Gasteiger partial charge in [0.15, 0.2) is 0 Å². The molecular formula is C15H26N4. The Balaban J connectivity index is 1.61. The third-order valence-corrected chi connectivity index (χ3v) is 4.29. The SMILES string of the molecule is CCCn1nccc1CN(CC1CCCN1)C1CC1. The molecule has 1 aromatic rings. The number of rotatable bonds is 7. The molecule has 1 saturated carbocycles. The maximum absolute atomic E-state index is 4.44. The Labute approximate surface area is 116 Å². The average Bonchev–Trinajstić information content (AvgIpc) is 2.96. The van der Waals surface area contributed by atoms with Crippen LogP contribution in [0.15, 0.2) is 12.3 Å². The summed E-state index contributed by atoms with van der Waals surface area (Å²) in [6.07, 6.45) is 8.56. The minimum absolute atomic E-state index is 0.711. The maximum Gasteiger partial charge on any atom is 0.0524 e. The van der Waals surface area contributed by atoms with Gasteiger partial charge in [0, 0.05) is 37.9 Å². The number of nitrogens with zero attached hydrogens (tertiary/aromatic N) is 3. The van der Waals surface area contributed by atoms with Crippen LogP contribution in [0.4, 0.5) is 0 Å². The first-order chi connectivity index (χ1) is 9.36. The third-order valence-electron chi connectivity index (χ3n) is 4.29. The van der Waals surface area contributed by atoms with E-state index in [1.165, 1.54) is 44.5 Å². The van der Waals surface area contributed by atoms with E-state index in [0.29, 0.717) is 6.04 Å². The summed E-state index contributed by atoms with van der Waals surface area (Å²) in [4.78, 5) is 2.67. The van der Waals surface area contributed by atoms with Crippen molar-refractivity contribution < 1.29 is 0 Å². The van der Waals surface area contributed by atoms with Gasteiger partial charge in [-0.05, 0) is 44.7 Å². The minimum Gasteiger partial charge on any atom is -0.313 e. The fourth-order valence-corrected chi connectivity index (χ4v) is 3.09. The van der Waals surface area contributed by atoms with Crippen LogP contribution in [0.25, 0.3) is 0 Å². The van der Waals surface area contributed by atoms with E-state index < -0.39 is 0 Å². The highest BCUT2D eigenvalue weighted by molar-refractivity contribution is 5.02. The Kier molecular flexibility index (Phi) is 4.18. The first kappa shape index (κ1) is 13.1. The zero-order chi connectivity index (χ0) is 13.1. The lowest BCUT2D eigenvalue weighted by atomic mass is 10.2. The van der Waals surface area contributed by atoms with Crippen LogP contribution in [0.3, 0.4) is 0 Å². The molecule has 1 atom stereocenters. The quantitative estimate of drug-likeness (QED) is 0.816. The smallest absolute Gasteiger partial charge is 0.0524 e. The molecule has 0 amide bonds. The fourth-order valence-electron chi connectivity index (χ4n) is 3.09. The Hall–Kier alpha value is -0.870. The summed E-state index contributed by atoms with van der Waals surface area (Å²) in [5.74, 6) is 0. The summed E-state index contributed by atoms with van der Waals surface area (Å²) in [6, 6.07) is 3.73. The highest BCUT2D eigenvalue weighted by atomic mass is 15.3. The monoisotopic (exact) mass is 262 g/mol. The van der Waals surface area contributed by atoms with Gasteiger partial charge in [0.25, 0.3) is 0 Å². The van der Waals surface area contributed by atoms with Gasteiger partial charge in [-0.25, -0.2) is 0 Å². The van der Waals surface area contributed by atoms with Crippen molar-refractivity contribution in [2.45, 2.75) is 64.2 Å². The van der Waals surface area contributed by atoms with E-state index in [9.17, 15) is 0 Å². The van der Waals surface area contributed by atoms with Crippen LogP contribution < -0.4 is 5.32 Å². The Morgan fingerprint density at radius 3 is 3.00 bits per heavy atom. The first-order valence-electron chi connectivity index (χ1n) is 7.85. The zero-order valence-corrected chi connectivity index (χ0v) is 12.0. The second kappa shape index (κ2) is 6.06. The van der Waals surface area contributed by atoms with Crippen LogP contribution in [-0.2, 0) is 13.1 Å². The van der Waals surface area contributed by atoms with Crippen LogP contribution in [0.2, 0.25) is 0 Å². The number of aromatic nitrogens is 2. The van der Waals surface area contributed by atoms with Gasteiger partial charge in [-0.15, -0.1) is 0 Å². The van der Waals surface area contributed by atoms with Crippen molar-refractivity contribution in [3.8, 4) is 0 Å². The van der Waals surface area contributed by atoms with E-state index >= 15 is 0 Å². The first-order valence-corrected chi connectivity index (χ1v) is 7.85. The number of nitrogens with one attached hydrogen (secondary N) is 1. The topological polar surface area (TPSA) is 33.1 Å². The lowest BCUT2D eigenvalue weighted by Crippen LogP contribution is -2.38. The molecule has 0 aromatic carbocycles. The lowest BCUT2D eigenvalue weighted by Gasteiger charge is -2.25. The normalized spacial score (nSPS) is 23.4. The molecule has 0 bridgehead atoms. The minimum atomic E-state index is 0.711. The molecule has 2 heterocycles. The van der Waals surface area contributed by atoms with Gasteiger partial charge in [-0.2, -0.15) is 5.10 Å². The fraction of sp³-hybridized carbons (Fsp3) is 0.800. The van der Waals surface area contributed by atoms with Crippen molar-refractivity contribution in [2.75, 3.05) is 13.1 Å². The summed E-state index contributed by atoms with van der Waals surface area (Å²) in [6.45, 7) is 6.75. The predicted molar refractivity (Wildman–Crippen MR) is 77.0 cm³/mol. The van der Waals surface area contributed by atoms with Gasteiger partial charge in [-0.1, -0.05) is 6.92 Å². The van der Waals surface area contributed by atoms with Gasteiger partial charge in [0.05, 0.1) is 5.69 Å². The standard InChI is InChI=1S/C15H26N4/c1-2-10-19-15(7-9-17-19)12-18(14-5-6-14)11-13-4-3-8-16-13/h7,9,13-14,16H,2-6,8,10-12H2,1H3. The number of aryl methyl sites for hydroxylation is 1. The Bertz CT molecular complexity index is 391. The van der Waals surface area contributed by atoms with Gasteiger partial charge in [0.1, 0.15) is 0 Å². The molecule has 3 rings (SSSR count). The summed E-state index contributed by atoms with van der Waals surface area (Å²) in [5.41, 5.74) is 1.38. The number of hydrogen-bond acceptors (Lipinski definition) is 3.